The maximum Gasteiger partial charge on any atom is 0.132 e. The zero-order valence-electron chi connectivity index (χ0n) is 8.77. The first kappa shape index (κ1) is 10.7. The molecule has 1 saturated heterocycles. The lowest BCUT2D eigenvalue weighted by Gasteiger charge is -2.29. The Morgan fingerprint density at radius 1 is 1.40 bits per heavy atom. The van der Waals surface area contributed by atoms with Gasteiger partial charge in [0.2, 0.25) is 0 Å². The quantitative estimate of drug-likeness (QED) is 0.725. The number of rotatable bonds is 2. The van der Waals surface area contributed by atoms with Crippen LogP contribution in [0.5, 0.6) is 0 Å². The Kier molecular flexibility index (Phi) is 3.78. The smallest absolute Gasteiger partial charge is 0.132 e. The van der Waals surface area contributed by atoms with Gasteiger partial charge in [-0.2, -0.15) is 0 Å². The van der Waals surface area contributed by atoms with E-state index in [2.05, 4.69) is 14.9 Å². The van der Waals surface area contributed by atoms with Gasteiger partial charge in [0.1, 0.15) is 12.1 Å². The van der Waals surface area contributed by atoms with Gasteiger partial charge in [0.15, 0.2) is 0 Å². The van der Waals surface area contributed by atoms with Gasteiger partial charge in [-0.25, -0.2) is 9.97 Å². The highest BCUT2D eigenvalue weighted by Crippen LogP contribution is 2.22. The number of alkyl halides is 1. The highest BCUT2D eigenvalue weighted by atomic mass is 35.5. The molecule has 1 aliphatic rings. The van der Waals surface area contributed by atoms with E-state index in [4.69, 9.17) is 11.6 Å². The van der Waals surface area contributed by atoms with Crippen molar-refractivity contribution < 1.29 is 0 Å². The van der Waals surface area contributed by atoms with Crippen molar-refractivity contribution >= 4 is 17.4 Å². The molecule has 0 radical (unpaired) electrons. The topological polar surface area (TPSA) is 29.0 Å². The van der Waals surface area contributed by atoms with Crippen LogP contribution < -0.4 is 4.90 Å². The monoisotopic (exact) mass is 225 g/mol. The van der Waals surface area contributed by atoms with Gasteiger partial charge < -0.3 is 4.90 Å². The van der Waals surface area contributed by atoms with Crippen molar-refractivity contribution in [2.45, 2.75) is 31.7 Å². The van der Waals surface area contributed by atoms with E-state index in [1.165, 1.54) is 25.7 Å². The number of halogens is 1. The maximum absolute atomic E-state index is 6.01. The van der Waals surface area contributed by atoms with Crippen molar-refractivity contribution in [3.8, 4) is 0 Å². The molecule has 15 heavy (non-hydrogen) atoms. The molecule has 0 amide bonds. The highest BCUT2D eigenvalue weighted by Gasteiger charge is 2.20. The maximum atomic E-state index is 6.01. The number of anilines is 1. The zero-order valence-corrected chi connectivity index (χ0v) is 9.53. The summed E-state index contributed by atoms with van der Waals surface area (Å²) in [7, 11) is 0. The van der Waals surface area contributed by atoms with Crippen LogP contribution in [0.2, 0.25) is 0 Å². The summed E-state index contributed by atoms with van der Waals surface area (Å²) in [5, 5.41) is 0. The minimum absolute atomic E-state index is 0.434. The fourth-order valence-corrected chi connectivity index (χ4v) is 2.41. The molecule has 0 spiro atoms. The third kappa shape index (κ3) is 2.59. The lowest BCUT2D eigenvalue weighted by molar-refractivity contribution is 0.615. The van der Waals surface area contributed by atoms with E-state index in [0.717, 1.165) is 12.4 Å². The van der Waals surface area contributed by atoms with E-state index in [1.54, 1.807) is 12.5 Å². The molecule has 0 bridgehead atoms. The molecule has 3 nitrogen and oxygen atoms in total. The van der Waals surface area contributed by atoms with Crippen LogP contribution in [0, 0.1) is 0 Å². The second-order valence-corrected chi connectivity index (χ2v) is 4.23. The molecule has 1 aromatic heterocycles. The van der Waals surface area contributed by atoms with Gasteiger partial charge in [-0.05, 0) is 18.9 Å². The van der Waals surface area contributed by atoms with E-state index in [0.29, 0.717) is 11.9 Å². The molecule has 0 aromatic carbocycles. The lowest BCUT2D eigenvalue weighted by Crippen LogP contribution is -2.36. The number of hydrogen-bond acceptors (Lipinski definition) is 3. The van der Waals surface area contributed by atoms with Crippen LogP contribution >= 0.6 is 11.6 Å². The first-order valence-corrected chi connectivity index (χ1v) is 6.04. The van der Waals surface area contributed by atoms with Gasteiger partial charge in [0.05, 0.1) is 0 Å². The van der Waals surface area contributed by atoms with Crippen molar-refractivity contribution in [3.05, 3.63) is 18.6 Å². The standard InChI is InChI=1S/C11H16ClN3/c12-8-10-4-2-1-3-7-15(10)11-5-6-13-9-14-11/h5-6,9-10H,1-4,7-8H2. The molecule has 1 fully saturated rings. The van der Waals surface area contributed by atoms with Crippen molar-refractivity contribution in [1.82, 2.24) is 9.97 Å². The van der Waals surface area contributed by atoms with Crippen LogP contribution in [-0.4, -0.2) is 28.4 Å². The molecule has 0 aliphatic carbocycles. The Morgan fingerprint density at radius 2 is 2.33 bits per heavy atom. The van der Waals surface area contributed by atoms with E-state index < -0.39 is 0 Å². The number of aromatic nitrogens is 2. The lowest BCUT2D eigenvalue weighted by atomic mass is 10.1. The molecule has 1 aliphatic heterocycles. The molecule has 1 aromatic rings. The Balaban J connectivity index is 2.16. The predicted molar refractivity (Wildman–Crippen MR) is 62.4 cm³/mol. The van der Waals surface area contributed by atoms with Crippen LogP contribution in [0.15, 0.2) is 18.6 Å². The van der Waals surface area contributed by atoms with E-state index in [-0.39, 0.29) is 0 Å². The van der Waals surface area contributed by atoms with Crippen LogP contribution in [0.1, 0.15) is 25.7 Å². The second kappa shape index (κ2) is 5.31. The minimum atomic E-state index is 0.434. The largest absolute Gasteiger partial charge is 0.352 e. The summed E-state index contributed by atoms with van der Waals surface area (Å²) in [5.41, 5.74) is 0. The van der Waals surface area contributed by atoms with E-state index in [1.807, 2.05) is 6.07 Å². The molecule has 1 atom stereocenters. The van der Waals surface area contributed by atoms with Crippen LogP contribution in [0.4, 0.5) is 5.82 Å². The van der Waals surface area contributed by atoms with Gasteiger partial charge in [0.25, 0.3) is 0 Å². The number of nitrogens with zero attached hydrogens (tertiary/aromatic N) is 3. The normalized spacial score (nSPS) is 22.5. The summed E-state index contributed by atoms with van der Waals surface area (Å²) in [6, 6.07) is 2.40. The molecular formula is C11H16ClN3. The van der Waals surface area contributed by atoms with Crippen molar-refractivity contribution in [1.29, 1.82) is 0 Å². The van der Waals surface area contributed by atoms with Gasteiger partial charge in [-0.1, -0.05) is 12.8 Å². The summed E-state index contributed by atoms with van der Waals surface area (Å²) in [4.78, 5) is 10.6. The van der Waals surface area contributed by atoms with Gasteiger partial charge >= 0.3 is 0 Å². The van der Waals surface area contributed by atoms with Crippen LogP contribution in [-0.2, 0) is 0 Å². The van der Waals surface area contributed by atoms with Crippen molar-refractivity contribution in [3.63, 3.8) is 0 Å². The van der Waals surface area contributed by atoms with Crippen molar-refractivity contribution in [2.24, 2.45) is 0 Å². The molecule has 82 valence electrons. The fraction of sp³-hybridized carbons (Fsp3) is 0.636. The van der Waals surface area contributed by atoms with E-state index in [9.17, 15) is 0 Å². The van der Waals surface area contributed by atoms with Gasteiger partial charge in [-0.15, -0.1) is 11.6 Å². The molecule has 2 rings (SSSR count). The summed E-state index contributed by atoms with van der Waals surface area (Å²) < 4.78 is 0. The molecule has 4 heteroatoms. The first-order valence-electron chi connectivity index (χ1n) is 5.50. The fourth-order valence-electron chi connectivity index (χ4n) is 2.09. The molecule has 2 heterocycles. The van der Waals surface area contributed by atoms with Crippen LogP contribution in [0.25, 0.3) is 0 Å². The molecular weight excluding hydrogens is 210 g/mol. The summed E-state index contributed by atoms with van der Waals surface area (Å²) in [5.74, 6) is 1.70. The highest BCUT2D eigenvalue weighted by molar-refractivity contribution is 6.18. The van der Waals surface area contributed by atoms with Gasteiger partial charge in [-0.3, -0.25) is 0 Å². The third-order valence-electron chi connectivity index (χ3n) is 2.92. The Bertz CT molecular complexity index is 291. The first-order chi connectivity index (χ1) is 7.42. The van der Waals surface area contributed by atoms with E-state index >= 15 is 0 Å². The molecule has 1 unspecified atom stereocenters. The Hall–Kier alpha value is -0.830. The average molecular weight is 226 g/mol. The molecule has 0 N–H and O–H groups in total. The average Bonchev–Trinajstić information content (AvgIpc) is 2.55. The molecule has 0 saturated carbocycles. The predicted octanol–water partition coefficient (Wildman–Crippen LogP) is 2.46. The Labute approximate surface area is 95.5 Å². The zero-order chi connectivity index (χ0) is 10.5. The SMILES string of the molecule is ClCC1CCCCCN1c1ccncn1. The third-order valence-corrected chi connectivity index (χ3v) is 3.27. The summed E-state index contributed by atoms with van der Waals surface area (Å²) in [6.45, 7) is 1.06. The minimum Gasteiger partial charge on any atom is -0.352 e. The summed E-state index contributed by atoms with van der Waals surface area (Å²) >= 11 is 6.01. The second-order valence-electron chi connectivity index (χ2n) is 3.92. The summed E-state index contributed by atoms with van der Waals surface area (Å²) in [6.07, 6.45) is 8.38. The van der Waals surface area contributed by atoms with Crippen LogP contribution in [0.3, 0.4) is 0 Å². The number of hydrogen-bond donors (Lipinski definition) is 0. The van der Waals surface area contributed by atoms with Gasteiger partial charge in [0, 0.05) is 24.7 Å². The Morgan fingerprint density at radius 3 is 3.07 bits per heavy atom. The van der Waals surface area contributed by atoms with Crippen molar-refractivity contribution in [2.75, 3.05) is 17.3 Å².